The zero-order valence-corrected chi connectivity index (χ0v) is 17.5. The van der Waals surface area contributed by atoms with Crippen LogP contribution in [0, 0.1) is 0 Å². The standard InChI is InChI=1S/C17H22N4O3S.HI/c1-25(22,23)20-12-6-11-19-17(18)21-14-7-5-10-16(13-14)24-15-8-3-2-4-9-15;/h2-5,7-10,13,20H,6,11-12H2,1H3,(H3,18,19,21);1H. The van der Waals surface area contributed by atoms with Gasteiger partial charge in [0.15, 0.2) is 5.96 Å². The zero-order chi connectivity index (χ0) is 18.1. The summed E-state index contributed by atoms with van der Waals surface area (Å²) in [6.45, 7) is 0.748. The number of hydrogen-bond donors (Lipinski definition) is 3. The Morgan fingerprint density at radius 1 is 1.12 bits per heavy atom. The number of nitrogens with one attached hydrogen (secondary N) is 2. The van der Waals surface area contributed by atoms with E-state index in [2.05, 4.69) is 15.0 Å². The van der Waals surface area contributed by atoms with Crippen molar-refractivity contribution in [2.75, 3.05) is 24.7 Å². The van der Waals surface area contributed by atoms with Gasteiger partial charge in [-0.3, -0.25) is 4.99 Å². The SMILES string of the molecule is CS(=O)(=O)NCCCN=C(N)Nc1cccc(Oc2ccccc2)c1.I. The fourth-order valence-corrected chi connectivity index (χ4v) is 2.50. The van der Waals surface area contributed by atoms with E-state index >= 15 is 0 Å². The van der Waals surface area contributed by atoms with Gasteiger partial charge in [-0.15, -0.1) is 24.0 Å². The molecule has 9 heteroatoms. The van der Waals surface area contributed by atoms with Crippen molar-refractivity contribution in [3.05, 3.63) is 54.6 Å². The number of anilines is 1. The van der Waals surface area contributed by atoms with Gasteiger partial charge in [-0.1, -0.05) is 24.3 Å². The summed E-state index contributed by atoms with van der Waals surface area (Å²) in [5.74, 6) is 1.69. The molecule has 0 spiro atoms. The van der Waals surface area contributed by atoms with Crippen LogP contribution in [0.4, 0.5) is 5.69 Å². The second-order valence-corrected chi connectivity index (χ2v) is 7.19. The highest BCUT2D eigenvalue weighted by Gasteiger charge is 2.01. The van der Waals surface area contributed by atoms with Crippen molar-refractivity contribution in [1.29, 1.82) is 0 Å². The van der Waals surface area contributed by atoms with Gasteiger partial charge in [-0.05, 0) is 30.7 Å². The lowest BCUT2D eigenvalue weighted by Gasteiger charge is -2.09. The summed E-state index contributed by atoms with van der Waals surface area (Å²) < 4.78 is 30.0. The lowest BCUT2D eigenvalue weighted by Crippen LogP contribution is -2.25. The predicted molar refractivity (Wildman–Crippen MR) is 116 cm³/mol. The van der Waals surface area contributed by atoms with E-state index in [1.807, 2.05) is 54.6 Å². The van der Waals surface area contributed by atoms with Gasteiger partial charge in [0.05, 0.1) is 6.26 Å². The molecule has 0 bridgehead atoms. The fraction of sp³-hybridized carbons (Fsp3) is 0.235. The van der Waals surface area contributed by atoms with Gasteiger partial charge in [0.25, 0.3) is 0 Å². The molecule has 0 atom stereocenters. The number of nitrogens with two attached hydrogens (primary N) is 1. The number of ether oxygens (including phenoxy) is 1. The minimum atomic E-state index is -3.16. The molecule has 0 amide bonds. The molecule has 0 aliphatic carbocycles. The van der Waals surface area contributed by atoms with Crippen LogP contribution in [0.1, 0.15) is 6.42 Å². The number of rotatable bonds is 8. The molecule has 4 N–H and O–H groups in total. The first-order valence-corrected chi connectivity index (χ1v) is 9.66. The quantitative estimate of drug-likeness (QED) is 0.229. The lowest BCUT2D eigenvalue weighted by atomic mass is 10.3. The minimum absolute atomic E-state index is 0. The molecule has 0 saturated carbocycles. The number of hydrogen-bond acceptors (Lipinski definition) is 4. The topological polar surface area (TPSA) is 106 Å². The summed E-state index contributed by atoms with van der Waals surface area (Å²) in [7, 11) is -3.16. The van der Waals surface area contributed by atoms with Gasteiger partial charge in [-0.25, -0.2) is 13.1 Å². The van der Waals surface area contributed by atoms with E-state index in [-0.39, 0.29) is 29.9 Å². The summed E-state index contributed by atoms with van der Waals surface area (Å²) >= 11 is 0. The van der Waals surface area contributed by atoms with Crippen LogP contribution in [-0.2, 0) is 10.0 Å². The van der Waals surface area contributed by atoms with Crippen LogP contribution >= 0.6 is 24.0 Å². The second-order valence-electron chi connectivity index (χ2n) is 5.35. The van der Waals surface area contributed by atoms with Crippen LogP contribution in [0.5, 0.6) is 11.5 Å². The maximum Gasteiger partial charge on any atom is 0.208 e. The third-order valence-electron chi connectivity index (χ3n) is 3.07. The summed E-state index contributed by atoms with van der Waals surface area (Å²) in [5, 5.41) is 2.98. The van der Waals surface area contributed by atoms with Crippen molar-refractivity contribution < 1.29 is 13.2 Å². The maximum absolute atomic E-state index is 10.9. The molecular formula is C17H23IN4O3S. The lowest BCUT2D eigenvalue weighted by molar-refractivity contribution is 0.483. The first kappa shape index (κ1) is 22.2. The second kappa shape index (κ2) is 11.0. The fourth-order valence-electron chi connectivity index (χ4n) is 1.99. The molecule has 0 fully saturated rings. The number of para-hydroxylation sites is 1. The van der Waals surface area contributed by atoms with Crippen molar-refractivity contribution in [1.82, 2.24) is 4.72 Å². The summed E-state index contributed by atoms with van der Waals surface area (Å²) in [6.07, 6.45) is 1.68. The van der Waals surface area contributed by atoms with Gasteiger partial charge in [0.2, 0.25) is 10.0 Å². The maximum atomic E-state index is 10.9. The molecule has 0 aromatic heterocycles. The normalized spacial score (nSPS) is 11.5. The van der Waals surface area contributed by atoms with Gasteiger partial charge in [0, 0.05) is 24.8 Å². The van der Waals surface area contributed by atoms with E-state index in [4.69, 9.17) is 10.5 Å². The Morgan fingerprint density at radius 2 is 1.81 bits per heavy atom. The Bertz CT molecular complexity index is 814. The van der Waals surface area contributed by atoms with E-state index in [9.17, 15) is 8.42 Å². The minimum Gasteiger partial charge on any atom is -0.457 e. The van der Waals surface area contributed by atoms with E-state index < -0.39 is 10.0 Å². The Labute approximate surface area is 171 Å². The van der Waals surface area contributed by atoms with E-state index in [1.54, 1.807) is 0 Å². The van der Waals surface area contributed by atoms with E-state index in [0.29, 0.717) is 25.3 Å². The van der Waals surface area contributed by atoms with Crippen molar-refractivity contribution in [2.45, 2.75) is 6.42 Å². The molecule has 2 aromatic rings. The Balaban J connectivity index is 0.00000338. The molecule has 0 radical (unpaired) electrons. The first-order valence-electron chi connectivity index (χ1n) is 7.77. The number of nitrogens with zero attached hydrogens (tertiary/aromatic N) is 1. The third kappa shape index (κ3) is 9.02. The molecule has 7 nitrogen and oxygen atoms in total. The van der Waals surface area contributed by atoms with Gasteiger partial charge >= 0.3 is 0 Å². The van der Waals surface area contributed by atoms with Gasteiger partial charge < -0.3 is 15.8 Å². The summed E-state index contributed by atoms with van der Waals surface area (Å²) in [4.78, 5) is 4.16. The highest BCUT2D eigenvalue weighted by atomic mass is 127. The van der Waals surface area contributed by atoms with Crippen LogP contribution in [-0.4, -0.2) is 33.7 Å². The van der Waals surface area contributed by atoms with Gasteiger partial charge in [-0.2, -0.15) is 0 Å². The number of sulfonamides is 1. The van der Waals surface area contributed by atoms with Gasteiger partial charge in [0.1, 0.15) is 11.5 Å². The first-order chi connectivity index (χ1) is 11.9. The Kier molecular flexibility index (Phi) is 9.38. The van der Waals surface area contributed by atoms with Crippen LogP contribution in [0.3, 0.4) is 0 Å². The van der Waals surface area contributed by atoms with Crippen molar-refractivity contribution in [2.24, 2.45) is 10.7 Å². The highest BCUT2D eigenvalue weighted by molar-refractivity contribution is 14.0. The van der Waals surface area contributed by atoms with Crippen molar-refractivity contribution in [3.8, 4) is 11.5 Å². The Hall–Kier alpha value is -1.85. The third-order valence-corrected chi connectivity index (χ3v) is 3.80. The number of benzene rings is 2. The molecule has 142 valence electrons. The average molecular weight is 490 g/mol. The molecule has 0 saturated heterocycles. The van der Waals surface area contributed by atoms with Crippen LogP contribution in [0.15, 0.2) is 59.6 Å². The monoisotopic (exact) mass is 490 g/mol. The van der Waals surface area contributed by atoms with E-state index in [0.717, 1.165) is 17.7 Å². The predicted octanol–water partition coefficient (Wildman–Crippen LogP) is 2.76. The highest BCUT2D eigenvalue weighted by Crippen LogP contribution is 2.23. The number of aliphatic imine (C=N–C) groups is 1. The smallest absolute Gasteiger partial charge is 0.208 e. The summed E-state index contributed by atoms with van der Waals surface area (Å²) in [5.41, 5.74) is 6.59. The molecule has 0 aliphatic heterocycles. The Morgan fingerprint density at radius 3 is 2.50 bits per heavy atom. The largest absolute Gasteiger partial charge is 0.457 e. The molecule has 0 unspecified atom stereocenters. The zero-order valence-electron chi connectivity index (χ0n) is 14.4. The molecule has 26 heavy (non-hydrogen) atoms. The van der Waals surface area contributed by atoms with Crippen molar-refractivity contribution >= 4 is 45.6 Å². The molecule has 0 heterocycles. The molecule has 2 aromatic carbocycles. The number of halogens is 1. The molecular weight excluding hydrogens is 467 g/mol. The van der Waals surface area contributed by atoms with E-state index in [1.165, 1.54) is 0 Å². The van der Waals surface area contributed by atoms with Crippen LogP contribution < -0.4 is 20.5 Å². The average Bonchev–Trinajstić information content (AvgIpc) is 2.55. The van der Waals surface area contributed by atoms with Crippen molar-refractivity contribution in [3.63, 3.8) is 0 Å². The van der Waals surface area contributed by atoms with Crippen LogP contribution in [0.2, 0.25) is 0 Å². The summed E-state index contributed by atoms with van der Waals surface area (Å²) in [6, 6.07) is 16.9. The number of guanidine groups is 1. The molecule has 0 aliphatic rings. The van der Waals surface area contributed by atoms with Crippen LogP contribution in [0.25, 0.3) is 0 Å². The molecule has 2 rings (SSSR count).